The number of nitrogens with zero attached hydrogens (tertiary/aromatic N) is 7. The van der Waals surface area contributed by atoms with E-state index < -0.39 is 0 Å². The SMILES string of the molecule is COc1cc(NNc2sc(C#N)c(C)c2C#N)c(C)cc1N(CCOCCOCCn1cc[n+](C)c1)CCOCCn1cc[n+](C)c1. The van der Waals surface area contributed by atoms with Gasteiger partial charge in [-0.2, -0.15) is 10.5 Å². The number of nitrogens with one attached hydrogen (secondary N) is 2. The van der Waals surface area contributed by atoms with E-state index in [4.69, 9.17) is 18.9 Å². The van der Waals surface area contributed by atoms with Crippen LogP contribution in [0.1, 0.15) is 21.6 Å². The molecule has 0 spiro atoms. The second-order valence-electron chi connectivity index (χ2n) is 11.0. The maximum absolute atomic E-state index is 9.61. The number of benzene rings is 1. The summed E-state index contributed by atoms with van der Waals surface area (Å²) in [5, 5.41) is 19.6. The number of aromatic nitrogens is 4. The minimum atomic E-state index is 0.456. The van der Waals surface area contributed by atoms with Crippen molar-refractivity contribution in [3.05, 3.63) is 71.1 Å². The topological polar surface area (TPSA) is 129 Å². The molecule has 47 heavy (non-hydrogen) atoms. The number of hydrazine groups is 1. The van der Waals surface area contributed by atoms with E-state index in [1.807, 2.05) is 73.7 Å². The highest BCUT2D eigenvalue weighted by Gasteiger charge is 2.18. The quantitative estimate of drug-likeness (QED) is 0.0833. The summed E-state index contributed by atoms with van der Waals surface area (Å²) in [6.45, 7) is 9.93. The van der Waals surface area contributed by atoms with Crippen LogP contribution in [-0.2, 0) is 41.4 Å². The third kappa shape index (κ3) is 10.2. The zero-order valence-electron chi connectivity index (χ0n) is 27.9. The lowest BCUT2D eigenvalue weighted by Gasteiger charge is -2.28. The van der Waals surface area contributed by atoms with Crippen LogP contribution in [0.5, 0.6) is 5.75 Å². The van der Waals surface area contributed by atoms with Crippen molar-refractivity contribution in [1.29, 1.82) is 10.5 Å². The molecule has 0 amide bonds. The van der Waals surface area contributed by atoms with E-state index in [1.54, 1.807) is 14.0 Å². The number of methoxy groups -OCH3 is 1. The molecule has 0 aliphatic rings. The Balaban J connectivity index is 1.35. The molecule has 0 radical (unpaired) electrons. The van der Waals surface area contributed by atoms with Gasteiger partial charge in [-0.25, -0.2) is 18.3 Å². The van der Waals surface area contributed by atoms with Crippen LogP contribution in [0.2, 0.25) is 0 Å². The Bertz CT molecular complexity index is 1670. The zero-order chi connectivity index (χ0) is 33.6. The number of thiophene rings is 1. The van der Waals surface area contributed by atoms with E-state index in [0.717, 1.165) is 30.0 Å². The van der Waals surface area contributed by atoms with Crippen molar-refractivity contribution in [3.63, 3.8) is 0 Å². The van der Waals surface area contributed by atoms with E-state index in [1.165, 1.54) is 11.3 Å². The molecule has 4 aromatic rings. The van der Waals surface area contributed by atoms with Gasteiger partial charge in [0.15, 0.2) is 0 Å². The maximum atomic E-state index is 9.61. The monoisotopic (exact) mass is 663 g/mol. The molecule has 14 heteroatoms. The summed E-state index contributed by atoms with van der Waals surface area (Å²) in [4.78, 5) is 2.72. The highest BCUT2D eigenvalue weighted by atomic mass is 32.1. The van der Waals surface area contributed by atoms with Crippen LogP contribution in [0.3, 0.4) is 0 Å². The third-order valence-corrected chi connectivity index (χ3v) is 8.67. The molecule has 0 aliphatic carbocycles. The summed E-state index contributed by atoms with van der Waals surface area (Å²) in [6, 6.07) is 8.34. The van der Waals surface area contributed by atoms with Gasteiger partial charge >= 0.3 is 0 Å². The number of nitriles is 2. The lowest BCUT2D eigenvalue weighted by molar-refractivity contribution is -0.671. The van der Waals surface area contributed by atoms with Crippen molar-refractivity contribution < 1.29 is 28.1 Å². The van der Waals surface area contributed by atoms with Crippen LogP contribution in [0.25, 0.3) is 0 Å². The summed E-state index contributed by atoms with van der Waals surface area (Å²) in [5.41, 5.74) is 10.1. The van der Waals surface area contributed by atoms with Crippen molar-refractivity contribution in [3.8, 4) is 17.9 Å². The van der Waals surface area contributed by atoms with Gasteiger partial charge in [-0.05, 0) is 31.0 Å². The Morgan fingerprint density at radius 3 is 1.96 bits per heavy atom. The normalized spacial score (nSPS) is 10.9. The van der Waals surface area contributed by atoms with Gasteiger partial charge < -0.3 is 23.8 Å². The summed E-state index contributed by atoms with van der Waals surface area (Å²) in [6.07, 6.45) is 12.1. The minimum absolute atomic E-state index is 0.456. The number of hydrogen-bond donors (Lipinski definition) is 2. The fraction of sp³-hybridized carbons (Fsp3) is 0.455. The van der Waals surface area contributed by atoms with E-state index in [-0.39, 0.29) is 0 Å². The molecule has 13 nitrogen and oxygen atoms in total. The smallest absolute Gasteiger partial charge is 0.243 e. The lowest BCUT2D eigenvalue weighted by Crippen LogP contribution is -2.32. The first-order chi connectivity index (χ1) is 22.8. The van der Waals surface area contributed by atoms with Crippen molar-refractivity contribution in [2.75, 3.05) is 75.6 Å². The number of ether oxygens (including phenoxy) is 4. The van der Waals surface area contributed by atoms with Crippen molar-refractivity contribution >= 4 is 27.7 Å². The summed E-state index contributed by atoms with van der Waals surface area (Å²) >= 11 is 1.25. The molecule has 0 fully saturated rings. The molecule has 0 saturated carbocycles. The molecule has 1 aromatic carbocycles. The van der Waals surface area contributed by atoms with Crippen LogP contribution >= 0.6 is 11.3 Å². The van der Waals surface area contributed by atoms with Gasteiger partial charge in [0, 0.05) is 19.2 Å². The van der Waals surface area contributed by atoms with Gasteiger partial charge in [0.05, 0.1) is 77.8 Å². The van der Waals surface area contributed by atoms with Crippen LogP contribution in [0, 0.1) is 36.5 Å². The zero-order valence-corrected chi connectivity index (χ0v) is 28.7. The Hall–Kier alpha value is -4.60. The van der Waals surface area contributed by atoms with Gasteiger partial charge in [0.25, 0.3) is 0 Å². The Labute approximate surface area is 280 Å². The standard InChI is InChI=1S/C33H45N9O4S/c1-26-20-30(31(43-5)21-29(26)36-37-33-28(22-34)27(2)32(23-35)47-33)42(12-16-44-14-10-40-8-6-38(3)24-40)13-17-46-19-18-45-15-11-41-9-7-39(4)25-41/h6-9,20-21,24-25,36-37H,10-19H2,1-5H3/q+2. The number of rotatable bonds is 20. The second-order valence-corrected chi connectivity index (χ2v) is 12.1. The van der Waals surface area contributed by atoms with E-state index in [9.17, 15) is 10.5 Å². The molecule has 0 bridgehead atoms. The van der Waals surface area contributed by atoms with Crippen LogP contribution in [0.15, 0.2) is 49.6 Å². The fourth-order valence-electron chi connectivity index (χ4n) is 4.92. The predicted octanol–water partition coefficient (Wildman–Crippen LogP) is 3.06. The predicted molar refractivity (Wildman–Crippen MR) is 179 cm³/mol. The molecule has 250 valence electrons. The number of hydrogen-bond acceptors (Lipinski definition) is 10. The molecular formula is C33H45N9O4S+2. The van der Waals surface area contributed by atoms with Crippen molar-refractivity contribution in [2.45, 2.75) is 26.9 Å². The summed E-state index contributed by atoms with van der Waals surface area (Å²) in [5.74, 6) is 0.682. The summed E-state index contributed by atoms with van der Waals surface area (Å²) < 4.78 is 31.8. The van der Waals surface area contributed by atoms with Crippen LogP contribution in [0.4, 0.5) is 16.4 Å². The summed E-state index contributed by atoms with van der Waals surface area (Å²) in [7, 11) is 5.64. The molecular weight excluding hydrogens is 618 g/mol. The van der Waals surface area contributed by atoms with Crippen molar-refractivity contribution in [2.24, 2.45) is 14.1 Å². The highest BCUT2D eigenvalue weighted by Crippen LogP contribution is 2.36. The minimum Gasteiger partial charge on any atom is -0.495 e. The average Bonchev–Trinajstić information content (AvgIpc) is 3.77. The first kappa shape index (κ1) is 35.3. The van der Waals surface area contributed by atoms with Gasteiger partial charge in [-0.1, -0.05) is 0 Å². The largest absolute Gasteiger partial charge is 0.495 e. The molecule has 2 N–H and O–H groups in total. The number of anilines is 3. The van der Waals surface area contributed by atoms with E-state index in [2.05, 4.69) is 43.1 Å². The first-order valence-corrected chi connectivity index (χ1v) is 16.3. The van der Waals surface area contributed by atoms with Gasteiger partial charge in [0.1, 0.15) is 65.6 Å². The lowest BCUT2D eigenvalue weighted by atomic mass is 10.1. The number of aryl methyl sites for hydroxylation is 3. The molecule has 3 aromatic heterocycles. The van der Waals surface area contributed by atoms with Crippen LogP contribution < -0.4 is 29.6 Å². The average molecular weight is 664 g/mol. The molecule has 0 atom stereocenters. The maximum Gasteiger partial charge on any atom is 0.243 e. The van der Waals surface area contributed by atoms with E-state index in [0.29, 0.717) is 79.5 Å². The third-order valence-electron chi connectivity index (χ3n) is 7.56. The first-order valence-electron chi connectivity index (χ1n) is 15.5. The Morgan fingerprint density at radius 2 is 1.43 bits per heavy atom. The second kappa shape index (κ2) is 17.9. The van der Waals surface area contributed by atoms with Gasteiger partial charge in [0.2, 0.25) is 12.7 Å². The van der Waals surface area contributed by atoms with Crippen molar-refractivity contribution in [1.82, 2.24) is 9.13 Å². The number of imidazole rings is 2. The molecule has 3 heterocycles. The van der Waals surface area contributed by atoms with E-state index >= 15 is 0 Å². The Morgan fingerprint density at radius 1 is 0.830 bits per heavy atom. The highest BCUT2D eigenvalue weighted by molar-refractivity contribution is 7.17. The fourth-order valence-corrected chi connectivity index (χ4v) is 5.83. The molecule has 0 saturated heterocycles. The van der Waals surface area contributed by atoms with Gasteiger partial charge in [-0.15, -0.1) is 11.3 Å². The molecule has 0 aliphatic heterocycles. The molecule has 0 unspecified atom stereocenters. The van der Waals surface area contributed by atoms with Gasteiger partial charge in [-0.3, -0.25) is 10.9 Å². The van der Waals surface area contributed by atoms with Crippen LogP contribution in [-0.4, -0.2) is 69.0 Å². The molecule has 4 rings (SSSR count). The Kier molecular flexibility index (Phi) is 13.4.